The van der Waals surface area contributed by atoms with Gasteiger partial charge in [0.1, 0.15) is 5.82 Å². The van der Waals surface area contributed by atoms with E-state index in [1.807, 2.05) is 31.3 Å². The average molecular weight is 256 g/mol. The molecule has 0 bridgehead atoms. The molecule has 1 aliphatic heterocycles. The molecule has 2 nitrogen and oxygen atoms in total. The Labute approximate surface area is 112 Å². The minimum Gasteiger partial charge on any atom is -0.298 e. The summed E-state index contributed by atoms with van der Waals surface area (Å²) in [6, 6.07) is 9.39. The molecule has 1 aromatic carbocycles. The monoisotopic (exact) mass is 256 g/mol. The summed E-state index contributed by atoms with van der Waals surface area (Å²) in [4.78, 5) is 6.42. The predicted octanol–water partition coefficient (Wildman–Crippen LogP) is 3.13. The Morgan fingerprint density at radius 2 is 2.16 bits per heavy atom. The van der Waals surface area contributed by atoms with Crippen molar-refractivity contribution in [3.05, 3.63) is 65.2 Å². The van der Waals surface area contributed by atoms with Crippen LogP contribution in [0.1, 0.15) is 22.6 Å². The van der Waals surface area contributed by atoms with Gasteiger partial charge in [-0.15, -0.1) is 0 Å². The molecule has 1 fully saturated rings. The first-order valence-corrected chi connectivity index (χ1v) is 6.59. The van der Waals surface area contributed by atoms with Gasteiger partial charge in [0.15, 0.2) is 0 Å². The Morgan fingerprint density at radius 1 is 1.32 bits per heavy atom. The highest BCUT2D eigenvalue weighted by atomic mass is 19.1. The molecule has 0 atom stereocenters. The van der Waals surface area contributed by atoms with Crippen molar-refractivity contribution in [2.24, 2.45) is 0 Å². The van der Waals surface area contributed by atoms with E-state index in [1.165, 1.54) is 5.56 Å². The van der Waals surface area contributed by atoms with Crippen LogP contribution < -0.4 is 0 Å². The Morgan fingerprint density at radius 3 is 2.89 bits per heavy atom. The van der Waals surface area contributed by atoms with Crippen LogP contribution >= 0.6 is 0 Å². The number of benzene rings is 1. The van der Waals surface area contributed by atoms with E-state index in [0.29, 0.717) is 12.5 Å². The van der Waals surface area contributed by atoms with Crippen LogP contribution in [-0.2, 0) is 6.54 Å². The quantitative estimate of drug-likeness (QED) is 0.838. The van der Waals surface area contributed by atoms with Gasteiger partial charge >= 0.3 is 0 Å². The second-order valence-electron chi connectivity index (χ2n) is 5.27. The first-order valence-electron chi connectivity index (χ1n) is 6.59. The summed E-state index contributed by atoms with van der Waals surface area (Å²) >= 11 is 0. The molecule has 3 heteroatoms. The van der Waals surface area contributed by atoms with Gasteiger partial charge in [-0.1, -0.05) is 23.8 Å². The summed E-state index contributed by atoms with van der Waals surface area (Å²) in [5, 5.41) is 0. The summed E-state index contributed by atoms with van der Waals surface area (Å²) in [5.41, 5.74) is 3.19. The molecule has 0 radical (unpaired) electrons. The Bertz CT molecular complexity index is 562. The molecule has 2 heterocycles. The first-order chi connectivity index (χ1) is 9.22. The molecule has 0 unspecified atom stereocenters. The van der Waals surface area contributed by atoms with Crippen LogP contribution in [0.5, 0.6) is 0 Å². The third kappa shape index (κ3) is 2.66. The Kier molecular flexibility index (Phi) is 3.30. The number of hydrogen-bond donors (Lipinski definition) is 0. The lowest BCUT2D eigenvalue weighted by molar-refractivity contribution is 0.138. The minimum atomic E-state index is -0.101. The SMILES string of the molecule is Cc1ccc(F)c(CN2CC(c3cccnc3)C2)c1. The maximum Gasteiger partial charge on any atom is 0.127 e. The van der Waals surface area contributed by atoms with Gasteiger partial charge in [-0.2, -0.15) is 0 Å². The number of aromatic nitrogens is 1. The fourth-order valence-electron chi connectivity index (χ4n) is 2.59. The van der Waals surface area contributed by atoms with Crippen LogP contribution in [0.3, 0.4) is 0 Å². The molecule has 0 amide bonds. The van der Waals surface area contributed by atoms with Crippen LogP contribution in [0, 0.1) is 12.7 Å². The molecule has 19 heavy (non-hydrogen) atoms. The van der Waals surface area contributed by atoms with Gasteiger partial charge in [0.2, 0.25) is 0 Å². The molecule has 1 aliphatic rings. The number of pyridine rings is 1. The third-order valence-corrected chi connectivity index (χ3v) is 3.71. The van der Waals surface area contributed by atoms with Gasteiger partial charge < -0.3 is 0 Å². The number of likely N-dealkylation sites (tertiary alicyclic amines) is 1. The zero-order valence-corrected chi connectivity index (χ0v) is 11.0. The third-order valence-electron chi connectivity index (χ3n) is 3.71. The minimum absolute atomic E-state index is 0.101. The van der Waals surface area contributed by atoms with Crippen LogP contribution in [-0.4, -0.2) is 23.0 Å². The smallest absolute Gasteiger partial charge is 0.127 e. The molecule has 0 N–H and O–H groups in total. The molecule has 3 rings (SSSR count). The Balaban J connectivity index is 1.61. The molecule has 98 valence electrons. The molecule has 0 spiro atoms. The van der Waals surface area contributed by atoms with Gasteiger partial charge in [-0.25, -0.2) is 4.39 Å². The fourth-order valence-corrected chi connectivity index (χ4v) is 2.59. The summed E-state index contributed by atoms with van der Waals surface area (Å²) < 4.78 is 13.7. The maximum absolute atomic E-state index is 13.7. The van der Waals surface area contributed by atoms with E-state index in [4.69, 9.17) is 0 Å². The molecule has 0 aliphatic carbocycles. The van der Waals surface area contributed by atoms with Gasteiger partial charge in [-0.05, 0) is 24.6 Å². The van der Waals surface area contributed by atoms with Crippen molar-refractivity contribution in [2.45, 2.75) is 19.4 Å². The highest BCUT2D eigenvalue weighted by Gasteiger charge is 2.28. The lowest BCUT2D eigenvalue weighted by atomic mass is 9.92. The van der Waals surface area contributed by atoms with Gasteiger partial charge in [-0.3, -0.25) is 9.88 Å². The summed E-state index contributed by atoms with van der Waals surface area (Å²) in [5.74, 6) is 0.442. The highest BCUT2D eigenvalue weighted by Crippen LogP contribution is 2.28. The van der Waals surface area contributed by atoms with E-state index < -0.39 is 0 Å². The molecule has 2 aromatic rings. The van der Waals surface area contributed by atoms with Crippen molar-refractivity contribution in [3.63, 3.8) is 0 Å². The normalized spacial score (nSPS) is 16.3. The van der Waals surface area contributed by atoms with Crippen molar-refractivity contribution in [3.8, 4) is 0 Å². The summed E-state index contributed by atoms with van der Waals surface area (Å²) in [6.07, 6.45) is 3.72. The summed E-state index contributed by atoms with van der Waals surface area (Å²) in [7, 11) is 0. The zero-order chi connectivity index (χ0) is 13.2. The fraction of sp³-hybridized carbons (Fsp3) is 0.312. The largest absolute Gasteiger partial charge is 0.298 e. The first kappa shape index (κ1) is 12.3. The van der Waals surface area contributed by atoms with E-state index in [0.717, 1.165) is 24.2 Å². The van der Waals surface area contributed by atoms with Crippen LogP contribution in [0.4, 0.5) is 4.39 Å². The number of halogens is 1. The van der Waals surface area contributed by atoms with Crippen LogP contribution in [0.15, 0.2) is 42.7 Å². The molecular weight excluding hydrogens is 239 g/mol. The van der Waals surface area contributed by atoms with Crippen molar-refractivity contribution >= 4 is 0 Å². The standard InChI is InChI=1S/C16H17FN2/c1-12-4-5-16(17)14(7-12)9-19-10-15(11-19)13-3-2-6-18-8-13/h2-8,15H,9-11H2,1H3. The number of rotatable bonds is 3. The lowest BCUT2D eigenvalue weighted by Gasteiger charge is -2.39. The van der Waals surface area contributed by atoms with E-state index >= 15 is 0 Å². The molecular formula is C16H17FN2. The second kappa shape index (κ2) is 5.10. The molecule has 1 aromatic heterocycles. The van der Waals surface area contributed by atoms with Gasteiger partial charge in [0.25, 0.3) is 0 Å². The van der Waals surface area contributed by atoms with Crippen molar-refractivity contribution < 1.29 is 4.39 Å². The van der Waals surface area contributed by atoms with E-state index in [9.17, 15) is 4.39 Å². The predicted molar refractivity (Wildman–Crippen MR) is 73.4 cm³/mol. The van der Waals surface area contributed by atoms with Crippen LogP contribution in [0.2, 0.25) is 0 Å². The average Bonchev–Trinajstić information content (AvgIpc) is 2.38. The number of hydrogen-bond acceptors (Lipinski definition) is 2. The second-order valence-corrected chi connectivity index (χ2v) is 5.27. The highest BCUT2D eigenvalue weighted by molar-refractivity contribution is 5.25. The van der Waals surface area contributed by atoms with Crippen molar-refractivity contribution in [2.75, 3.05) is 13.1 Å². The van der Waals surface area contributed by atoms with Crippen LogP contribution in [0.25, 0.3) is 0 Å². The van der Waals surface area contributed by atoms with Crippen molar-refractivity contribution in [1.82, 2.24) is 9.88 Å². The Hall–Kier alpha value is -1.74. The van der Waals surface area contributed by atoms with E-state index in [2.05, 4.69) is 16.0 Å². The van der Waals surface area contributed by atoms with E-state index in [-0.39, 0.29) is 5.82 Å². The number of nitrogens with zero attached hydrogens (tertiary/aromatic N) is 2. The lowest BCUT2D eigenvalue weighted by Crippen LogP contribution is -2.44. The molecule has 0 saturated carbocycles. The topological polar surface area (TPSA) is 16.1 Å². The molecule has 1 saturated heterocycles. The zero-order valence-electron chi connectivity index (χ0n) is 11.0. The maximum atomic E-state index is 13.7. The van der Waals surface area contributed by atoms with Crippen molar-refractivity contribution in [1.29, 1.82) is 0 Å². The number of aryl methyl sites for hydroxylation is 1. The van der Waals surface area contributed by atoms with Gasteiger partial charge in [0, 0.05) is 43.5 Å². The van der Waals surface area contributed by atoms with E-state index in [1.54, 1.807) is 12.3 Å². The summed E-state index contributed by atoms with van der Waals surface area (Å²) in [6.45, 7) is 4.67. The van der Waals surface area contributed by atoms with Gasteiger partial charge in [0.05, 0.1) is 0 Å².